The van der Waals surface area contributed by atoms with Gasteiger partial charge in [0.25, 0.3) is 0 Å². The van der Waals surface area contributed by atoms with E-state index in [0.29, 0.717) is 16.9 Å². The van der Waals surface area contributed by atoms with Crippen LogP contribution in [-0.2, 0) is 0 Å². The smallest absolute Gasteiger partial charge is 0.133 e. The number of hydrogen-bond acceptors (Lipinski definition) is 3. The van der Waals surface area contributed by atoms with Gasteiger partial charge in [0.15, 0.2) is 0 Å². The van der Waals surface area contributed by atoms with Crippen LogP contribution in [0.3, 0.4) is 0 Å². The number of rotatable bonds is 2. The summed E-state index contributed by atoms with van der Waals surface area (Å²) in [7, 11) is 0. The van der Waals surface area contributed by atoms with Gasteiger partial charge in [0.1, 0.15) is 11.0 Å². The van der Waals surface area contributed by atoms with E-state index >= 15 is 0 Å². The Morgan fingerprint density at radius 2 is 1.88 bits per heavy atom. The third-order valence-corrected chi connectivity index (χ3v) is 3.54. The summed E-state index contributed by atoms with van der Waals surface area (Å²) in [5, 5.41) is 3.90. The number of anilines is 2. The first-order valence-electron chi connectivity index (χ1n) is 6.22. The number of nitrogens with zero attached hydrogens (tertiary/aromatic N) is 1. The van der Waals surface area contributed by atoms with Gasteiger partial charge < -0.3 is 11.1 Å². The molecule has 3 N–H and O–H groups in total. The molecule has 1 saturated carbocycles. The Hall–Kier alpha value is -0.960. The highest BCUT2D eigenvalue weighted by Crippen LogP contribution is 2.30. The Kier molecular flexibility index (Phi) is 3.77. The Morgan fingerprint density at radius 3 is 2.47 bits per heavy atom. The fourth-order valence-electron chi connectivity index (χ4n) is 2.86. The van der Waals surface area contributed by atoms with Crippen molar-refractivity contribution in [2.45, 2.75) is 39.2 Å². The van der Waals surface area contributed by atoms with Gasteiger partial charge in [0.2, 0.25) is 0 Å². The molecule has 1 aromatic rings. The number of halogens is 1. The first-order valence-corrected chi connectivity index (χ1v) is 6.60. The summed E-state index contributed by atoms with van der Waals surface area (Å²) in [6.07, 6.45) is 3.71. The third-order valence-electron chi connectivity index (χ3n) is 3.35. The van der Waals surface area contributed by atoms with E-state index in [1.54, 1.807) is 6.07 Å². The van der Waals surface area contributed by atoms with Crippen LogP contribution in [0.1, 0.15) is 33.1 Å². The summed E-state index contributed by atoms with van der Waals surface area (Å²) in [6, 6.07) is 3.99. The molecular formula is C13H20ClN3. The molecule has 0 radical (unpaired) electrons. The van der Waals surface area contributed by atoms with E-state index in [1.165, 1.54) is 19.3 Å². The lowest BCUT2D eigenvalue weighted by Gasteiger charge is -2.32. The van der Waals surface area contributed by atoms with Gasteiger partial charge in [-0.1, -0.05) is 25.4 Å². The Labute approximate surface area is 108 Å². The molecule has 1 heterocycles. The lowest BCUT2D eigenvalue weighted by atomic mass is 9.80. The van der Waals surface area contributed by atoms with Crippen molar-refractivity contribution in [3.05, 3.63) is 17.3 Å². The minimum Gasteiger partial charge on any atom is -0.399 e. The molecule has 0 saturated heterocycles. The van der Waals surface area contributed by atoms with Crippen molar-refractivity contribution in [3.8, 4) is 0 Å². The molecule has 2 unspecified atom stereocenters. The van der Waals surface area contributed by atoms with Crippen LogP contribution >= 0.6 is 11.6 Å². The average molecular weight is 254 g/mol. The molecule has 4 heteroatoms. The highest BCUT2D eigenvalue weighted by atomic mass is 35.5. The first kappa shape index (κ1) is 12.5. The van der Waals surface area contributed by atoms with E-state index < -0.39 is 0 Å². The average Bonchev–Trinajstić information content (AvgIpc) is 2.13. The van der Waals surface area contributed by atoms with E-state index in [4.69, 9.17) is 17.3 Å². The molecule has 2 rings (SSSR count). The maximum absolute atomic E-state index is 5.89. The Bertz CT molecular complexity index is 364. The quantitative estimate of drug-likeness (QED) is 0.793. The minimum absolute atomic E-state index is 0.449. The highest BCUT2D eigenvalue weighted by molar-refractivity contribution is 6.29. The number of nitrogens with two attached hydrogens (primary N) is 1. The lowest BCUT2D eigenvalue weighted by Crippen LogP contribution is -2.30. The fourth-order valence-corrected chi connectivity index (χ4v) is 3.08. The van der Waals surface area contributed by atoms with Gasteiger partial charge >= 0.3 is 0 Å². The monoisotopic (exact) mass is 253 g/mol. The summed E-state index contributed by atoms with van der Waals surface area (Å²) >= 11 is 5.89. The van der Waals surface area contributed by atoms with E-state index in [2.05, 4.69) is 24.1 Å². The van der Waals surface area contributed by atoms with Crippen LogP contribution in [0, 0.1) is 11.8 Å². The highest BCUT2D eigenvalue weighted by Gasteiger charge is 2.23. The zero-order chi connectivity index (χ0) is 12.4. The Balaban J connectivity index is 2.04. The van der Waals surface area contributed by atoms with Gasteiger partial charge in [-0.05, 0) is 37.2 Å². The van der Waals surface area contributed by atoms with Crippen molar-refractivity contribution in [1.29, 1.82) is 0 Å². The van der Waals surface area contributed by atoms with Crippen molar-refractivity contribution < 1.29 is 0 Å². The van der Waals surface area contributed by atoms with Crippen LogP contribution in [0.5, 0.6) is 0 Å². The number of pyridine rings is 1. The van der Waals surface area contributed by atoms with E-state index in [-0.39, 0.29) is 0 Å². The molecule has 1 aliphatic rings. The first-order chi connectivity index (χ1) is 8.02. The molecule has 17 heavy (non-hydrogen) atoms. The second kappa shape index (κ2) is 5.13. The molecule has 0 aromatic carbocycles. The summed E-state index contributed by atoms with van der Waals surface area (Å²) < 4.78 is 0. The third kappa shape index (κ3) is 3.50. The molecule has 94 valence electrons. The maximum atomic E-state index is 5.89. The zero-order valence-electron chi connectivity index (χ0n) is 10.4. The molecule has 1 fully saturated rings. The number of nitrogen functional groups attached to an aromatic ring is 1. The number of hydrogen-bond donors (Lipinski definition) is 2. The summed E-state index contributed by atoms with van der Waals surface area (Å²) in [5.41, 5.74) is 6.41. The van der Waals surface area contributed by atoms with Gasteiger partial charge in [-0.2, -0.15) is 0 Å². The molecule has 0 bridgehead atoms. The maximum Gasteiger partial charge on any atom is 0.133 e. The minimum atomic E-state index is 0.449. The van der Waals surface area contributed by atoms with E-state index in [9.17, 15) is 0 Å². The fraction of sp³-hybridized carbons (Fsp3) is 0.615. The van der Waals surface area contributed by atoms with Crippen molar-refractivity contribution in [2.75, 3.05) is 11.1 Å². The van der Waals surface area contributed by atoms with Crippen LogP contribution in [0.4, 0.5) is 11.5 Å². The molecule has 2 atom stereocenters. The molecule has 0 amide bonds. The van der Waals surface area contributed by atoms with Crippen LogP contribution in [-0.4, -0.2) is 11.0 Å². The van der Waals surface area contributed by atoms with Crippen LogP contribution in [0.25, 0.3) is 0 Å². The topological polar surface area (TPSA) is 50.9 Å². The van der Waals surface area contributed by atoms with E-state index in [0.717, 1.165) is 17.7 Å². The largest absolute Gasteiger partial charge is 0.399 e. The van der Waals surface area contributed by atoms with Crippen molar-refractivity contribution >= 4 is 23.1 Å². The van der Waals surface area contributed by atoms with Gasteiger partial charge in [0, 0.05) is 17.8 Å². The molecule has 0 aliphatic heterocycles. The van der Waals surface area contributed by atoms with Crippen molar-refractivity contribution in [2.24, 2.45) is 11.8 Å². The zero-order valence-corrected chi connectivity index (χ0v) is 11.2. The van der Waals surface area contributed by atoms with Crippen LogP contribution in [0.2, 0.25) is 5.15 Å². The van der Waals surface area contributed by atoms with Crippen LogP contribution < -0.4 is 11.1 Å². The second-order valence-electron chi connectivity index (χ2n) is 5.37. The van der Waals surface area contributed by atoms with Gasteiger partial charge in [-0.3, -0.25) is 0 Å². The predicted molar refractivity (Wildman–Crippen MR) is 73.2 cm³/mol. The van der Waals surface area contributed by atoms with Gasteiger partial charge in [0.05, 0.1) is 0 Å². The number of nitrogens with one attached hydrogen (secondary N) is 1. The predicted octanol–water partition coefficient (Wildman–Crippen LogP) is 3.55. The standard InChI is InChI=1S/C13H20ClN3/c1-8-3-9(2)5-11(4-8)16-13-7-10(15)6-12(14)17-13/h6-9,11H,3-5H2,1-2H3,(H3,15,16,17). The summed E-state index contributed by atoms with van der Waals surface area (Å²) in [4.78, 5) is 4.25. The molecule has 1 aromatic heterocycles. The summed E-state index contributed by atoms with van der Waals surface area (Å²) in [5.74, 6) is 2.34. The number of aromatic nitrogens is 1. The Morgan fingerprint density at radius 1 is 1.24 bits per heavy atom. The molecule has 3 nitrogen and oxygen atoms in total. The second-order valence-corrected chi connectivity index (χ2v) is 5.75. The molecular weight excluding hydrogens is 234 g/mol. The summed E-state index contributed by atoms with van der Waals surface area (Å²) in [6.45, 7) is 4.62. The van der Waals surface area contributed by atoms with Gasteiger partial charge in [-0.25, -0.2) is 4.98 Å². The molecule has 1 aliphatic carbocycles. The van der Waals surface area contributed by atoms with Crippen LogP contribution in [0.15, 0.2) is 12.1 Å². The molecule has 0 spiro atoms. The van der Waals surface area contributed by atoms with Crippen molar-refractivity contribution in [3.63, 3.8) is 0 Å². The van der Waals surface area contributed by atoms with E-state index in [1.807, 2.05) is 6.07 Å². The van der Waals surface area contributed by atoms with Gasteiger partial charge in [-0.15, -0.1) is 0 Å². The lowest BCUT2D eigenvalue weighted by molar-refractivity contribution is 0.280. The SMILES string of the molecule is CC1CC(C)CC(Nc2cc(N)cc(Cl)n2)C1. The normalized spacial score (nSPS) is 29.0. The van der Waals surface area contributed by atoms with Crippen molar-refractivity contribution in [1.82, 2.24) is 4.98 Å².